The van der Waals surface area contributed by atoms with Crippen molar-refractivity contribution >= 4 is 23.6 Å². The van der Waals surface area contributed by atoms with Gasteiger partial charge in [0.25, 0.3) is 5.91 Å². The van der Waals surface area contributed by atoms with Gasteiger partial charge in [0.2, 0.25) is 0 Å². The summed E-state index contributed by atoms with van der Waals surface area (Å²) >= 11 is 1.01. The number of hydroxylamine groups is 1. The molecule has 0 atom stereocenters. The fourth-order valence-corrected chi connectivity index (χ4v) is 1.04. The molecule has 0 spiro atoms. The van der Waals surface area contributed by atoms with Crippen LogP contribution in [0.2, 0.25) is 0 Å². The Labute approximate surface area is 85.9 Å². The van der Waals surface area contributed by atoms with Crippen LogP contribution < -0.4 is 5.48 Å². The Morgan fingerprint density at radius 3 is 2.64 bits per heavy atom. The number of hydrogen-bond acceptors (Lipinski definition) is 5. The summed E-state index contributed by atoms with van der Waals surface area (Å²) < 4.78 is 4.68. The van der Waals surface area contributed by atoms with Crippen LogP contribution >= 0.6 is 11.8 Å². The minimum absolute atomic E-state index is 0.0687. The second-order valence-corrected chi connectivity index (χ2v) is 3.24. The maximum Gasteiger partial charge on any atom is 0.313 e. The number of amides is 1. The van der Waals surface area contributed by atoms with Gasteiger partial charge in [0.1, 0.15) is 0 Å². The maximum atomic E-state index is 10.9. The van der Waals surface area contributed by atoms with Gasteiger partial charge in [0, 0.05) is 7.11 Å². The third-order valence-corrected chi connectivity index (χ3v) is 1.95. The van der Waals surface area contributed by atoms with Crippen LogP contribution in [0, 0.1) is 0 Å². The van der Waals surface area contributed by atoms with Gasteiger partial charge in [0.05, 0.1) is 24.7 Å². The zero-order chi connectivity index (χ0) is 10.8. The highest BCUT2D eigenvalue weighted by Gasteiger charge is 2.03. The Morgan fingerprint density at radius 1 is 1.36 bits per heavy atom. The standard InChI is InChI=1S/C7H13NO5S/c1-12-2-3-13-8-6(9)4-14-5-7(10)11/h2-5H2,1H3,(H,8,9)(H,10,11). The summed E-state index contributed by atoms with van der Waals surface area (Å²) in [5.74, 6) is -1.32. The van der Waals surface area contributed by atoms with E-state index in [0.717, 1.165) is 11.8 Å². The van der Waals surface area contributed by atoms with E-state index in [4.69, 9.17) is 9.94 Å². The van der Waals surface area contributed by atoms with E-state index >= 15 is 0 Å². The Morgan fingerprint density at radius 2 is 2.07 bits per heavy atom. The van der Waals surface area contributed by atoms with E-state index in [0.29, 0.717) is 6.61 Å². The summed E-state index contributed by atoms with van der Waals surface area (Å²) in [5.41, 5.74) is 2.16. The van der Waals surface area contributed by atoms with E-state index in [2.05, 4.69) is 10.2 Å². The average Bonchev–Trinajstić information content (AvgIpc) is 2.12. The highest BCUT2D eigenvalue weighted by Crippen LogP contribution is 1.97. The van der Waals surface area contributed by atoms with Gasteiger partial charge in [-0.1, -0.05) is 0 Å². The van der Waals surface area contributed by atoms with Gasteiger partial charge in [-0.2, -0.15) is 0 Å². The molecular formula is C7H13NO5S. The van der Waals surface area contributed by atoms with Crippen LogP contribution in [0.25, 0.3) is 0 Å². The molecule has 0 unspecified atom stereocenters. The Bertz CT molecular complexity index is 187. The van der Waals surface area contributed by atoms with E-state index < -0.39 is 5.97 Å². The number of thioether (sulfide) groups is 1. The fraction of sp³-hybridized carbons (Fsp3) is 0.714. The third kappa shape index (κ3) is 9.30. The number of ether oxygens (including phenoxy) is 1. The first-order chi connectivity index (χ1) is 6.66. The number of rotatable bonds is 8. The monoisotopic (exact) mass is 223 g/mol. The normalized spacial score (nSPS) is 9.79. The molecule has 0 fully saturated rings. The zero-order valence-corrected chi connectivity index (χ0v) is 8.63. The third-order valence-electron chi connectivity index (χ3n) is 1.03. The zero-order valence-electron chi connectivity index (χ0n) is 7.82. The van der Waals surface area contributed by atoms with Crippen molar-refractivity contribution in [2.45, 2.75) is 0 Å². The molecule has 0 saturated heterocycles. The average molecular weight is 223 g/mol. The molecule has 0 aliphatic carbocycles. The molecule has 6 nitrogen and oxygen atoms in total. The molecule has 0 aromatic rings. The van der Waals surface area contributed by atoms with Crippen molar-refractivity contribution in [2.75, 3.05) is 31.8 Å². The van der Waals surface area contributed by atoms with E-state index in [9.17, 15) is 9.59 Å². The van der Waals surface area contributed by atoms with Gasteiger partial charge in [-0.05, 0) is 0 Å². The topological polar surface area (TPSA) is 84.9 Å². The molecule has 0 aliphatic heterocycles. The van der Waals surface area contributed by atoms with Crippen molar-refractivity contribution in [3.63, 3.8) is 0 Å². The first kappa shape index (κ1) is 13.2. The van der Waals surface area contributed by atoms with Gasteiger partial charge >= 0.3 is 5.97 Å². The van der Waals surface area contributed by atoms with E-state index in [-0.39, 0.29) is 24.0 Å². The lowest BCUT2D eigenvalue weighted by atomic mass is 10.7. The molecule has 7 heteroatoms. The van der Waals surface area contributed by atoms with Crippen molar-refractivity contribution in [1.82, 2.24) is 5.48 Å². The number of carbonyl (C=O) groups is 2. The summed E-state index contributed by atoms with van der Waals surface area (Å²) in [6.45, 7) is 0.661. The van der Waals surface area contributed by atoms with Crippen LogP contribution in [-0.2, 0) is 19.2 Å². The molecule has 0 heterocycles. The number of carbonyl (C=O) groups excluding carboxylic acids is 1. The second kappa shape index (κ2) is 8.79. The Balaban J connectivity index is 3.24. The number of aliphatic carboxylic acids is 1. The molecule has 14 heavy (non-hydrogen) atoms. The molecule has 1 amide bonds. The van der Waals surface area contributed by atoms with Crippen LogP contribution in [0.1, 0.15) is 0 Å². The van der Waals surface area contributed by atoms with Crippen molar-refractivity contribution in [3.8, 4) is 0 Å². The number of hydrogen-bond donors (Lipinski definition) is 2. The van der Waals surface area contributed by atoms with Gasteiger partial charge in [-0.3, -0.25) is 14.4 Å². The van der Waals surface area contributed by atoms with E-state index in [1.165, 1.54) is 7.11 Å². The van der Waals surface area contributed by atoms with Crippen LogP contribution in [0.3, 0.4) is 0 Å². The molecule has 0 aromatic heterocycles. The number of methoxy groups -OCH3 is 1. The fourth-order valence-electron chi connectivity index (χ4n) is 0.517. The molecule has 82 valence electrons. The van der Waals surface area contributed by atoms with Crippen LogP contribution in [0.15, 0.2) is 0 Å². The van der Waals surface area contributed by atoms with Crippen molar-refractivity contribution in [2.24, 2.45) is 0 Å². The molecule has 0 bridgehead atoms. The summed E-state index contributed by atoms with van der Waals surface area (Å²) in [5, 5.41) is 8.27. The van der Waals surface area contributed by atoms with Crippen molar-refractivity contribution in [1.29, 1.82) is 0 Å². The number of carboxylic acid groups (broad SMARTS) is 1. The summed E-state index contributed by atoms with van der Waals surface area (Å²) in [6.07, 6.45) is 0. The molecular weight excluding hydrogens is 210 g/mol. The number of carboxylic acids is 1. The predicted molar refractivity (Wildman–Crippen MR) is 50.9 cm³/mol. The van der Waals surface area contributed by atoms with Gasteiger partial charge in [-0.25, -0.2) is 5.48 Å². The van der Waals surface area contributed by atoms with Crippen molar-refractivity contribution in [3.05, 3.63) is 0 Å². The first-order valence-electron chi connectivity index (χ1n) is 3.86. The van der Waals surface area contributed by atoms with E-state index in [1.807, 2.05) is 0 Å². The highest BCUT2D eigenvalue weighted by molar-refractivity contribution is 8.00. The van der Waals surface area contributed by atoms with Crippen LogP contribution in [0.5, 0.6) is 0 Å². The molecule has 0 rings (SSSR count). The summed E-state index contributed by atoms with van der Waals surface area (Å²) in [7, 11) is 1.52. The van der Waals surface area contributed by atoms with Crippen LogP contribution in [0.4, 0.5) is 0 Å². The molecule has 0 aliphatic rings. The lowest BCUT2D eigenvalue weighted by Crippen LogP contribution is -2.27. The molecule has 0 aromatic carbocycles. The SMILES string of the molecule is COCCONC(=O)CSCC(=O)O. The Kier molecular flexibility index (Phi) is 8.30. The predicted octanol–water partition coefficient (Wildman–Crippen LogP) is -0.502. The maximum absolute atomic E-state index is 10.9. The summed E-state index contributed by atoms with van der Waals surface area (Å²) in [4.78, 5) is 25.7. The Hall–Kier alpha value is -0.790. The molecule has 0 saturated carbocycles. The largest absolute Gasteiger partial charge is 0.481 e. The minimum atomic E-state index is -0.942. The van der Waals surface area contributed by atoms with Gasteiger partial charge < -0.3 is 9.84 Å². The quantitative estimate of drug-likeness (QED) is 0.426. The van der Waals surface area contributed by atoms with Crippen molar-refractivity contribution < 1.29 is 24.3 Å². The smallest absolute Gasteiger partial charge is 0.313 e. The van der Waals surface area contributed by atoms with Gasteiger partial charge in [0.15, 0.2) is 0 Å². The van der Waals surface area contributed by atoms with Crippen LogP contribution in [-0.4, -0.2) is 48.8 Å². The van der Waals surface area contributed by atoms with E-state index in [1.54, 1.807) is 0 Å². The first-order valence-corrected chi connectivity index (χ1v) is 5.01. The second-order valence-electron chi connectivity index (χ2n) is 2.25. The lowest BCUT2D eigenvalue weighted by Gasteiger charge is -2.04. The molecule has 0 radical (unpaired) electrons. The highest BCUT2D eigenvalue weighted by atomic mass is 32.2. The molecule has 2 N–H and O–H groups in total. The number of nitrogens with one attached hydrogen (secondary N) is 1. The van der Waals surface area contributed by atoms with Gasteiger partial charge in [-0.15, -0.1) is 11.8 Å². The summed E-state index contributed by atoms with van der Waals surface area (Å²) in [6, 6.07) is 0. The minimum Gasteiger partial charge on any atom is -0.481 e. The lowest BCUT2D eigenvalue weighted by molar-refractivity contribution is -0.133.